The van der Waals surface area contributed by atoms with E-state index in [4.69, 9.17) is 4.74 Å². The van der Waals surface area contributed by atoms with Crippen LogP contribution in [0.25, 0.3) is 21.0 Å². The SMILES string of the molecule is CC(C)Oc1ccc(-c2ncc(-c3cccc4c3CC[C@@H]4NS(=O)(=O)Cc3ccccc3)s2)cc1C#N. The Bertz CT molecular complexity index is 1570. The molecule has 0 amide bonds. The number of nitrogens with zero attached hydrogens (tertiary/aromatic N) is 2. The van der Waals surface area contributed by atoms with Crippen LogP contribution in [0, 0.1) is 11.3 Å². The van der Waals surface area contributed by atoms with E-state index in [1.165, 1.54) is 0 Å². The number of nitriles is 1. The minimum absolute atomic E-state index is 0.0174. The predicted octanol–water partition coefficient (Wildman–Crippen LogP) is 6.24. The van der Waals surface area contributed by atoms with Crippen molar-refractivity contribution in [3.05, 3.63) is 95.2 Å². The number of aromatic nitrogens is 1. The second kappa shape index (κ2) is 10.5. The number of rotatable bonds is 8. The Kier molecular flexibility index (Phi) is 7.11. The summed E-state index contributed by atoms with van der Waals surface area (Å²) >= 11 is 1.56. The lowest BCUT2D eigenvalue weighted by molar-refractivity contribution is 0.242. The lowest BCUT2D eigenvalue weighted by Crippen LogP contribution is -2.28. The van der Waals surface area contributed by atoms with E-state index in [1.54, 1.807) is 11.3 Å². The standard InChI is InChI=1S/C29H27N3O3S2/c1-19(2)35-27-14-11-21(15-22(27)16-30)29-31-17-28(36-29)25-10-6-9-24-23(25)12-13-26(24)32-37(33,34)18-20-7-4-3-5-8-20/h3-11,14-15,17,19,26,32H,12-13,18H2,1-2H3/t26-/m0/s1. The number of benzene rings is 3. The van der Waals surface area contributed by atoms with Crippen molar-refractivity contribution >= 4 is 21.4 Å². The largest absolute Gasteiger partial charge is 0.490 e. The van der Waals surface area contributed by atoms with Crippen LogP contribution in [-0.2, 0) is 22.2 Å². The molecule has 0 unspecified atom stereocenters. The van der Waals surface area contributed by atoms with Crippen molar-refractivity contribution in [2.45, 2.75) is 44.6 Å². The molecule has 6 nitrogen and oxygen atoms in total. The fourth-order valence-electron chi connectivity index (χ4n) is 4.70. The highest BCUT2D eigenvalue weighted by molar-refractivity contribution is 7.88. The number of thiazole rings is 1. The van der Waals surface area contributed by atoms with Gasteiger partial charge in [-0.3, -0.25) is 0 Å². The van der Waals surface area contributed by atoms with E-state index in [9.17, 15) is 13.7 Å². The molecule has 37 heavy (non-hydrogen) atoms. The topological polar surface area (TPSA) is 92.1 Å². The number of ether oxygens (including phenoxy) is 1. The molecule has 1 heterocycles. The fraction of sp³-hybridized carbons (Fsp3) is 0.241. The van der Waals surface area contributed by atoms with Gasteiger partial charge in [0.2, 0.25) is 10.0 Å². The van der Waals surface area contributed by atoms with Gasteiger partial charge in [0, 0.05) is 17.8 Å². The first-order chi connectivity index (χ1) is 17.8. The molecule has 1 aliphatic rings. The third-order valence-electron chi connectivity index (χ3n) is 6.27. The highest BCUT2D eigenvalue weighted by atomic mass is 32.2. The van der Waals surface area contributed by atoms with Gasteiger partial charge in [0.15, 0.2) is 0 Å². The maximum atomic E-state index is 12.9. The molecule has 0 aliphatic heterocycles. The van der Waals surface area contributed by atoms with Crippen molar-refractivity contribution in [3.8, 4) is 32.8 Å². The fourth-order valence-corrected chi connectivity index (χ4v) is 7.06. The average molecular weight is 530 g/mol. The van der Waals surface area contributed by atoms with Crippen LogP contribution in [-0.4, -0.2) is 19.5 Å². The molecule has 1 aliphatic carbocycles. The predicted molar refractivity (Wildman–Crippen MR) is 147 cm³/mol. The van der Waals surface area contributed by atoms with Crippen molar-refractivity contribution in [1.82, 2.24) is 9.71 Å². The number of hydrogen-bond acceptors (Lipinski definition) is 6. The molecule has 3 aromatic carbocycles. The maximum Gasteiger partial charge on any atom is 0.216 e. The van der Waals surface area contributed by atoms with Crippen molar-refractivity contribution < 1.29 is 13.2 Å². The van der Waals surface area contributed by atoms with E-state index in [1.807, 2.05) is 80.7 Å². The van der Waals surface area contributed by atoms with E-state index in [-0.39, 0.29) is 17.9 Å². The molecular formula is C29H27N3O3S2. The van der Waals surface area contributed by atoms with Gasteiger partial charge in [0.1, 0.15) is 16.8 Å². The Balaban J connectivity index is 1.38. The highest BCUT2D eigenvalue weighted by Gasteiger charge is 2.29. The van der Waals surface area contributed by atoms with Gasteiger partial charge in [-0.25, -0.2) is 18.1 Å². The summed E-state index contributed by atoms with van der Waals surface area (Å²) in [6, 6.07) is 22.8. The smallest absolute Gasteiger partial charge is 0.216 e. The summed E-state index contributed by atoms with van der Waals surface area (Å²) in [4.78, 5) is 5.65. The average Bonchev–Trinajstić information content (AvgIpc) is 3.52. The molecule has 0 bridgehead atoms. The zero-order valence-corrected chi connectivity index (χ0v) is 22.3. The van der Waals surface area contributed by atoms with Gasteiger partial charge in [-0.2, -0.15) is 5.26 Å². The summed E-state index contributed by atoms with van der Waals surface area (Å²) in [5, 5.41) is 10.4. The minimum atomic E-state index is -3.48. The number of sulfonamides is 1. The first kappa shape index (κ1) is 25.2. The third kappa shape index (κ3) is 5.59. The second-order valence-electron chi connectivity index (χ2n) is 9.35. The van der Waals surface area contributed by atoms with E-state index in [2.05, 4.69) is 21.8 Å². The van der Waals surface area contributed by atoms with E-state index < -0.39 is 10.0 Å². The first-order valence-corrected chi connectivity index (χ1v) is 14.6. The Morgan fingerprint density at radius 3 is 2.70 bits per heavy atom. The lowest BCUT2D eigenvalue weighted by atomic mass is 10.0. The summed E-state index contributed by atoms with van der Waals surface area (Å²) in [7, 11) is -3.48. The normalized spacial score (nSPS) is 14.9. The third-order valence-corrected chi connectivity index (χ3v) is 8.71. The van der Waals surface area contributed by atoms with Gasteiger partial charge in [-0.05, 0) is 67.1 Å². The van der Waals surface area contributed by atoms with Crippen LogP contribution in [0.15, 0.2) is 72.9 Å². The zero-order valence-electron chi connectivity index (χ0n) is 20.6. The molecule has 0 saturated heterocycles. The Morgan fingerprint density at radius 2 is 1.95 bits per heavy atom. The van der Waals surface area contributed by atoms with Crippen molar-refractivity contribution in [2.75, 3.05) is 0 Å². The summed E-state index contributed by atoms with van der Waals surface area (Å²) < 4.78 is 34.4. The number of hydrogen-bond donors (Lipinski definition) is 1. The van der Waals surface area contributed by atoms with E-state index >= 15 is 0 Å². The van der Waals surface area contributed by atoms with Crippen LogP contribution in [0.4, 0.5) is 0 Å². The molecule has 4 aromatic rings. The summed E-state index contributed by atoms with van der Waals surface area (Å²) in [6.07, 6.45) is 3.34. The molecule has 0 radical (unpaired) electrons. The monoisotopic (exact) mass is 529 g/mol. The van der Waals surface area contributed by atoms with Crippen LogP contribution in [0.2, 0.25) is 0 Å². The molecule has 188 valence electrons. The van der Waals surface area contributed by atoms with Gasteiger partial charge in [-0.1, -0.05) is 48.5 Å². The molecule has 0 saturated carbocycles. The minimum Gasteiger partial charge on any atom is -0.490 e. The van der Waals surface area contributed by atoms with Gasteiger partial charge < -0.3 is 4.74 Å². The summed E-state index contributed by atoms with van der Waals surface area (Å²) in [6.45, 7) is 3.86. The van der Waals surface area contributed by atoms with Crippen LogP contribution in [0.1, 0.15) is 48.6 Å². The number of fused-ring (bicyclic) bond motifs is 1. The Labute approximate surface area is 221 Å². The van der Waals surface area contributed by atoms with Crippen molar-refractivity contribution in [1.29, 1.82) is 5.26 Å². The number of nitrogens with one attached hydrogen (secondary N) is 1. The van der Waals surface area contributed by atoms with Crippen molar-refractivity contribution in [2.24, 2.45) is 0 Å². The molecule has 8 heteroatoms. The van der Waals surface area contributed by atoms with Crippen LogP contribution in [0.5, 0.6) is 5.75 Å². The Hall–Kier alpha value is -3.51. The molecule has 0 fully saturated rings. The molecule has 5 rings (SSSR count). The van der Waals surface area contributed by atoms with Gasteiger partial charge in [-0.15, -0.1) is 11.3 Å². The maximum absolute atomic E-state index is 12.9. The van der Waals surface area contributed by atoms with Crippen LogP contribution < -0.4 is 9.46 Å². The van der Waals surface area contributed by atoms with Gasteiger partial charge in [0.05, 0.1) is 22.3 Å². The van der Waals surface area contributed by atoms with Gasteiger partial charge in [0.25, 0.3) is 0 Å². The summed E-state index contributed by atoms with van der Waals surface area (Å²) in [5.74, 6) is 0.531. The molecule has 0 spiro atoms. The van der Waals surface area contributed by atoms with Crippen molar-refractivity contribution in [3.63, 3.8) is 0 Å². The van der Waals surface area contributed by atoms with E-state index in [0.29, 0.717) is 11.3 Å². The van der Waals surface area contributed by atoms with E-state index in [0.717, 1.165) is 50.5 Å². The van der Waals surface area contributed by atoms with Crippen LogP contribution >= 0.6 is 11.3 Å². The highest BCUT2D eigenvalue weighted by Crippen LogP contribution is 2.41. The first-order valence-electron chi connectivity index (χ1n) is 12.2. The molecule has 1 atom stereocenters. The van der Waals surface area contributed by atoms with Crippen LogP contribution in [0.3, 0.4) is 0 Å². The second-order valence-corrected chi connectivity index (χ2v) is 12.1. The zero-order chi connectivity index (χ0) is 26.0. The molecular weight excluding hydrogens is 502 g/mol. The molecule has 1 N–H and O–H groups in total. The summed E-state index contributed by atoms with van der Waals surface area (Å²) in [5.41, 5.74) is 5.36. The van der Waals surface area contributed by atoms with Gasteiger partial charge >= 0.3 is 0 Å². The quantitative estimate of drug-likeness (QED) is 0.292. The lowest BCUT2D eigenvalue weighted by Gasteiger charge is -2.15. The molecule has 1 aromatic heterocycles. The Morgan fingerprint density at radius 1 is 1.14 bits per heavy atom.